The Morgan fingerprint density at radius 3 is 2.25 bits per heavy atom. The zero-order chi connectivity index (χ0) is 20.1. The zero-order valence-electron chi connectivity index (χ0n) is 16.1. The van der Waals surface area contributed by atoms with E-state index < -0.39 is 0 Å². The normalized spacial score (nSPS) is 14.4. The number of nitrogens with one attached hydrogen (secondary N) is 1. The van der Waals surface area contributed by atoms with E-state index >= 15 is 0 Å². The van der Waals surface area contributed by atoms with Crippen LogP contribution in [0.4, 0.5) is 14.9 Å². The van der Waals surface area contributed by atoms with Crippen molar-refractivity contribution in [3.8, 4) is 0 Å². The number of aryl methyl sites for hydroxylation is 2. The standard InChI is InChI=1S/C22H24FN3O2/c1-16-3-4-18(17(2)15-16)5-10-21(27)25-11-13-26(14-12-25)22(28)24-20-8-6-19(23)7-9-20/h3-10,15H,11-14H2,1-2H3,(H,24,28)/b10-5+. The molecule has 1 saturated heterocycles. The average Bonchev–Trinajstić information content (AvgIpc) is 2.69. The number of hydrogen-bond acceptors (Lipinski definition) is 2. The van der Waals surface area contributed by atoms with Gasteiger partial charge in [0.15, 0.2) is 0 Å². The van der Waals surface area contributed by atoms with Gasteiger partial charge in [-0.3, -0.25) is 4.79 Å². The fourth-order valence-electron chi connectivity index (χ4n) is 3.14. The summed E-state index contributed by atoms with van der Waals surface area (Å²) >= 11 is 0. The fourth-order valence-corrected chi connectivity index (χ4v) is 3.14. The maximum atomic E-state index is 12.9. The minimum Gasteiger partial charge on any atom is -0.336 e. The van der Waals surface area contributed by atoms with Gasteiger partial charge in [0.05, 0.1) is 0 Å². The summed E-state index contributed by atoms with van der Waals surface area (Å²) < 4.78 is 12.9. The molecule has 1 aliphatic heterocycles. The van der Waals surface area contributed by atoms with Crippen molar-refractivity contribution in [1.82, 2.24) is 9.80 Å². The Morgan fingerprint density at radius 1 is 0.964 bits per heavy atom. The Hall–Kier alpha value is -3.15. The highest BCUT2D eigenvalue weighted by Gasteiger charge is 2.23. The average molecular weight is 381 g/mol. The highest BCUT2D eigenvalue weighted by atomic mass is 19.1. The number of carbonyl (C=O) groups is 2. The van der Waals surface area contributed by atoms with Crippen LogP contribution < -0.4 is 5.32 Å². The Morgan fingerprint density at radius 2 is 1.61 bits per heavy atom. The van der Waals surface area contributed by atoms with Gasteiger partial charge in [-0.2, -0.15) is 0 Å². The fraction of sp³-hybridized carbons (Fsp3) is 0.273. The Kier molecular flexibility index (Phi) is 6.09. The van der Waals surface area contributed by atoms with Crippen LogP contribution in [-0.4, -0.2) is 47.9 Å². The van der Waals surface area contributed by atoms with Crippen LogP contribution in [0, 0.1) is 19.7 Å². The van der Waals surface area contributed by atoms with E-state index in [9.17, 15) is 14.0 Å². The van der Waals surface area contributed by atoms with Crippen molar-refractivity contribution in [3.05, 3.63) is 71.0 Å². The number of benzene rings is 2. The van der Waals surface area contributed by atoms with Gasteiger partial charge in [0.1, 0.15) is 5.82 Å². The highest BCUT2D eigenvalue weighted by molar-refractivity contribution is 5.92. The molecule has 6 heteroatoms. The number of piperazine rings is 1. The topological polar surface area (TPSA) is 52.7 Å². The van der Waals surface area contributed by atoms with E-state index in [2.05, 4.69) is 11.4 Å². The van der Waals surface area contributed by atoms with Crippen LogP contribution >= 0.6 is 0 Å². The molecule has 146 valence electrons. The van der Waals surface area contributed by atoms with E-state index in [-0.39, 0.29) is 17.8 Å². The van der Waals surface area contributed by atoms with Crippen LogP contribution in [0.2, 0.25) is 0 Å². The minimum atomic E-state index is -0.348. The molecular formula is C22H24FN3O2. The first-order valence-electron chi connectivity index (χ1n) is 9.28. The maximum absolute atomic E-state index is 12.9. The summed E-state index contributed by atoms with van der Waals surface area (Å²) in [6.45, 7) is 5.93. The van der Waals surface area contributed by atoms with Gasteiger partial charge in [-0.25, -0.2) is 9.18 Å². The van der Waals surface area contributed by atoms with Gasteiger partial charge in [-0.15, -0.1) is 0 Å². The molecule has 1 heterocycles. The number of halogens is 1. The maximum Gasteiger partial charge on any atom is 0.321 e. The van der Waals surface area contributed by atoms with Crippen molar-refractivity contribution in [2.45, 2.75) is 13.8 Å². The van der Waals surface area contributed by atoms with Crippen molar-refractivity contribution in [2.24, 2.45) is 0 Å². The molecule has 2 aromatic carbocycles. The van der Waals surface area contributed by atoms with Gasteiger partial charge < -0.3 is 15.1 Å². The minimum absolute atomic E-state index is 0.0569. The van der Waals surface area contributed by atoms with Crippen LogP contribution in [0.3, 0.4) is 0 Å². The van der Waals surface area contributed by atoms with Crippen molar-refractivity contribution in [2.75, 3.05) is 31.5 Å². The summed E-state index contributed by atoms with van der Waals surface area (Å²) in [5, 5.41) is 2.74. The molecule has 1 N–H and O–H groups in total. The van der Waals surface area contributed by atoms with E-state index in [0.717, 1.165) is 11.1 Å². The molecule has 0 aromatic heterocycles. The lowest BCUT2D eigenvalue weighted by atomic mass is 10.1. The largest absolute Gasteiger partial charge is 0.336 e. The van der Waals surface area contributed by atoms with E-state index in [4.69, 9.17) is 0 Å². The van der Waals surface area contributed by atoms with Crippen LogP contribution in [-0.2, 0) is 4.79 Å². The van der Waals surface area contributed by atoms with Gasteiger partial charge in [-0.1, -0.05) is 23.8 Å². The molecule has 0 spiro atoms. The van der Waals surface area contributed by atoms with E-state index in [1.807, 2.05) is 32.1 Å². The summed E-state index contributed by atoms with van der Waals surface area (Å²) in [4.78, 5) is 28.1. The summed E-state index contributed by atoms with van der Waals surface area (Å²) in [6.07, 6.45) is 3.43. The molecule has 28 heavy (non-hydrogen) atoms. The van der Waals surface area contributed by atoms with Crippen molar-refractivity contribution in [3.63, 3.8) is 0 Å². The summed E-state index contributed by atoms with van der Waals surface area (Å²) in [5.74, 6) is -0.405. The van der Waals surface area contributed by atoms with Crippen molar-refractivity contribution in [1.29, 1.82) is 0 Å². The predicted molar refractivity (Wildman–Crippen MR) is 109 cm³/mol. The summed E-state index contributed by atoms with van der Waals surface area (Å²) in [6, 6.07) is 11.5. The second-order valence-electron chi connectivity index (χ2n) is 6.94. The van der Waals surface area contributed by atoms with Gasteiger partial charge in [-0.05, 0) is 55.3 Å². The first-order valence-corrected chi connectivity index (χ1v) is 9.28. The Bertz CT molecular complexity index is 885. The molecule has 5 nitrogen and oxygen atoms in total. The van der Waals surface area contributed by atoms with Crippen molar-refractivity contribution < 1.29 is 14.0 Å². The molecule has 0 aliphatic carbocycles. The lowest BCUT2D eigenvalue weighted by molar-refractivity contribution is -0.127. The number of carbonyl (C=O) groups excluding carboxylic acids is 2. The number of amides is 3. The smallest absolute Gasteiger partial charge is 0.321 e. The van der Waals surface area contributed by atoms with Crippen LogP contribution in [0.5, 0.6) is 0 Å². The third kappa shape index (κ3) is 4.97. The lowest BCUT2D eigenvalue weighted by Gasteiger charge is -2.34. The first kappa shape index (κ1) is 19.6. The van der Waals surface area contributed by atoms with Crippen LogP contribution in [0.15, 0.2) is 48.5 Å². The second kappa shape index (κ2) is 8.69. The highest BCUT2D eigenvalue weighted by Crippen LogP contribution is 2.14. The molecular weight excluding hydrogens is 357 g/mol. The van der Waals surface area contributed by atoms with Gasteiger partial charge in [0.25, 0.3) is 0 Å². The number of hydrogen-bond donors (Lipinski definition) is 1. The van der Waals surface area contributed by atoms with Gasteiger partial charge >= 0.3 is 6.03 Å². The SMILES string of the molecule is Cc1ccc(/C=C/C(=O)N2CCN(C(=O)Nc3ccc(F)cc3)CC2)c(C)c1. The number of nitrogens with zero attached hydrogens (tertiary/aromatic N) is 2. The molecule has 0 bridgehead atoms. The monoisotopic (exact) mass is 381 g/mol. The summed E-state index contributed by atoms with van der Waals surface area (Å²) in [5.41, 5.74) is 3.89. The van der Waals surface area contributed by atoms with Gasteiger partial charge in [0, 0.05) is 37.9 Å². The van der Waals surface area contributed by atoms with E-state index in [1.54, 1.807) is 15.9 Å². The molecule has 1 fully saturated rings. The Labute approximate surface area is 164 Å². The van der Waals surface area contributed by atoms with Crippen molar-refractivity contribution >= 4 is 23.7 Å². The molecule has 0 unspecified atom stereocenters. The molecule has 0 radical (unpaired) electrons. The quantitative estimate of drug-likeness (QED) is 0.822. The van der Waals surface area contributed by atoms with Gasteiger partial charge in [0.2, 0.25) is 5.91 Å². The second-order valence-corrected chi connectivity index (χ2v) is 6.94. The first-order chi connectivity index (χ1) is 13.4. The lowest BCUT2D eigenvalue weighted by Crippen LogP contribution is -2.51. The van der Waals surface area contributed by atoms with Crippen LogP contribution in [0.25, 0.3) is 6.08 Å². The summed E-state index contributed by atoms with van der Waals surface area (Å²) in [7, 11) is 0. The molecule has 2 aromatic rings. The zero-order valence-corrected chi connectivity index (χ0v) is 16.1. The predicted octanol–water partition coefficient (Wildman–Crippen LogP) is 3.83. The molecule has 3 amide bonds. The number of rotatable bonds is 3. The number of urea groups is 1. The third-order valence-corrected chi connectivity index (χ3v) is 4.80. The van der Waals surface area contributed by atoms with E-state index in [0.29, 0.717) is 31.9 Å². The molecule has 0 atom stereocenters. The van der Waals surface area contributed by atoms with E-state index in [1.165, 1.54) is 29.8 Å². The van der Waals surface area contributed by atoms with Crippen LogP contribution in [0.1, 0.15) is 16.7 Å². The molecule has 1 aliphatic rings. The third-order valence-electron chi connectivity index (χ3n) is 4.80. The number of anilines is 1. The molecule has 0 saturated carbocycles. The Balaban J connectivity index is 1.51. The molecule has 3 rings (SSSR count).